The summed E-state index contributed by atoms with van der Waals surface area (Å²) >= 11 is 1.35. The monoisotopic (exact) mass is 452 g/mol. The smallest absolute Gasteiger partial charge is 0.257 e. The Morgan fingerprint density at radius 2 is 1.97 bits per heavy atom. The number of nitrogens with one attached hydrogen (secondary N) is 2. The van der Waals surface area contributed by atoms with Crippen LogP contribution in [0.5, 0.6) is 0 Å². The number of pyridine rings is 2. The average Bonchev–Trinajstić information content (AvgIpc) is 2.78. The third-order valence-electron chi connectivity index (χ3n) is 5.80. The number of hydrogen-bond acceptors (Lipinski definition) is 6. The number of benzene rings is 1. The second-order valence-electron chi connectivity index (χ2n) is 8.78. The Bertz CT molecular complexity index is 1150. The molecule has 4 rings (SSSR count). The fourth-order valence-electron chi connectivity index (χ4n) is 4.21. The number of aromatic nitrogens is 2. The summed E-state index contributed by atoms with van der Waals surface area (Å²) in [6, 6.07) is 10.8. The van der Waals surface area contributed by atoms with E-state index in [4.69, 9.17) is 0 Å². The summed E-state index contributed by atoms with van der Waals surface area (Å²) in [4.78, 5) is 34.5. The highest BCUT2D eigenvalue weighted by Gasteiger charge is 2.34. The van der Waals surface area contributed by atoms with Gasteiger partial charge in [-0.15, -0.1) is 0 Å². The summed E-state index contributed by atoms with van der Waals surface area (Å²) < 4.78 is 3.24. The number of anilines is 1. The zero-order valence-corrected chi connectivity index (χ0v) is 19.1. The van der Waals surface area contributed by atoms with Gasteiger partial charge in [0.25, 0.3) is 11.5 Å². The zero-order chi connectivity index (χ0) is 22.7. The van der Waals surface area contributed by atoms with Crippen LogP contribution in [-0.2, 0) is 0 Å². The summed E-state index contributed by atoms with van der Waals surface area (Å²) in [5.74, 6) is 0.427. The molecule has 1 fully saturated rings. The molecule has 8 heteroatoms. The quantitative estimate of drug-likeness (QED) is 0.488. The Labute approximate surface area is 191 Å². The number of nitrogens with zero attached hydrogens (tertiary/aromatic N) is 2. The first kappa shape index (κ1) is 22.4. The van der Waals surface area contributed by atoms with Gasteiger partial charge in [-0.05, 0) is 73.5 Å². The van der Waals surface area contributed by atoms with E-state index in [1.54, 1.807) is 24.5 Å². The van der Waals surface area contributed by atoms with Gasteiger partial charge >= 0.3 is 0 Å². The van der Waals surface area contributed by atoms with Gasteiger partial charge in [0.1, 0.15) is 0 Å². The summed E-state index contributed by atoms with van der Waals surface area (Å²) in [6.45, 7) is 5.37. The van der Waals surface area contributed by atoms with E-state index in [9.17, 15) is 14.7 Å². The fourth-order valence-corrected chi connectivity index (χ4v) is 4.95. The second kappa shape index (κ2) is 9.34. The Balaban J connectivity index is 1.37. The molecule has 2 aromatic heterocycles. The van der Waals surface area contributed by atoms with Crippen molar-refractivity contribution in [3.8, 4) is 0 Å². The third kappa shape index (κ3) is 4.97. The highest BCUT2D eigenvalue weighted by atomic mass is 32.2. The van der Waals surface area contributed by atoms with Gasteiger partial charge in [-0.3, -0.25) is 14.6 Å². The van der Waals surface area contributed by atoms with E-state index < -0.39 is 5.60 Å². The van der Waals surface area contributed by atoms with Crippen LogP contribution in [0.1, 0.15) is 43.5 Å². The second-order valence-corrected chi connectivity index (χ2v) is 9.63. The molecule has 0 saturated carbocycles. The number of carbonyl (C=O) groups excluding carboxylic acids is 1. The van der Waals surface area contributed by atoms with Gasteiger partial charge in [0, 0.05) is 36.7 Å². The van der Waals surface area contributed by atoms with E-state index in [2.05, 4.69) is 28.5 Å². The summed E-state index contributed by atoms with van der Waals surface area (Å²) in [5, 5.41) is 11.3. The van der Waals surface area contributed by atoms with Crippen LogP contribution in [0.3, 0.4) is 0 Å². The lowest BCUT2D eigenvalue weighted by atomic mass is 9.84. The number of rotatable bonds is 6. The number of hydrogen-bond donors (Lipinski definition) is 3. The van der Waals surface area contributed by atoms with Gasteiger partial charge in [0.15, 0.2) is 0 Å². The lowest BCUT2D eigenvalue weighted by Gasteiger charge is -2.39. The van der Waals surface area contributed by atoms with Crippen molar-refractivity contribution in [1.29, 1.82) is 0 Å². The van der Waals surface area contributed by atoms with Crippen LogP contribution in [0.15, 0.2) is 58.5 Å². The number of likely N-dealkylation sites (tertiary alicyclic amines) is 1. The van der Waals surface area contributed by atoms with Gasteiger partial charge in [0.05, 0.1) is 21.4 Å². The normalized spacial score (nSPS) is 15.8. The number of fused-ring (bicyclic) bond motifs is 1. The fraction of sp³-hybridized carbons (Fsp3) is 0.375. The largest absolute Gasteiger partial charge is 0.390 e. The van der Waals surface area contributed by atoms with Crippen molar-refractivity contribution in [3.05, 3.63) is 64.7 Å². The van der Waals surface area contributed by atoms with Gasteiger partial charge in [-0.25, -0.2) is 0 Å². The van der Waals surface area contributed by atoms with Crippen LogP contribution < -0.4 is 10.3 Å². The molecule has 7 nitrogen and oxygen atoms in total. The Morgan fingerprint density at radius 3 is 2.66 bits per heavy atom. The van der Waals surface area contributed by atoms with Crippen molar-refractivity contribution in [2.24, 2.45) is 5.92 Å². The zero-order valence-electron chi connectivity index (χ0n) is 18.3. The van der Waals surface area contributed by atoms with Crippen molar-refractivity contribution in [2.75, 3.05) is 17.8 Å². The number of aliphatic hydroxyl groups is 1. The third-order valence-corrected chi connectivity index (χ3v) is 6.67. The van der Waals surface area contributed by atoms with Crippen LogP contribution in [0.2, 0.25) is 0 Å². The van der Waals surface area contributed by atoms with Gasteiger partial charge in [-0.1, -0.05) is 13.8 Å². The molecule has 1 saturated heterocycles. The maximum absolute atomic E-state index is 12.9. The topological polar surface area (TPSA) is 98.3 Å². The molecule has 0 bridgehead atoms. The van der Waals surface area contributed by atoms with Gasteiger partial charge in [0.2, 0.25) is 0 Å². The molecule has 3 N–H and O–H groups in total. The molecule has 0 unspecified atom stereocenters. The molecule has 1 aliphatic heterocycles. The molecule has 0 spiro atoms. The van der Waals surface area contributed by atoms with Crippen molar-refractivity contribution in [1.82, 2.24) is 14.9 Å². The standard InChI is InChI=1S/C24H28N4O3S/c1-16(2)14-24(31)9-12-28(13-10-24)23(30)17-5-7-18(8-6-17)27-32-20-15-26-22(29)19-4-3-11-25-21(19)20/h3-8,11,15-16,27,31H,9-10,12-14H2,1-2H3,(H,26,29). The minimum Gasteiger partial charge on any atom is -0.390 e. The molecule has 3 heterocycles. The first-order valence-corrected chi connectivity index (χ1v) is 11.7. The number of carbonyl (C=O) groups is 1. The molecular formula is C24H28N4O3S. The molecule has 0 aliphatic carbocycles. The Morgan fingerprint density at radius 1 is 1.25 bits per heavy atom. The van der Waals surface area contributed by atoms with E-state index >= 15 is 0 Å². The van der Waals surface area contributed by atoms with Crippen LogP contribution in [0.4, 0.5) is 5.69 Å². The summed E-state index contributed by atoms with van der Waals surface area (Å²) in [6.07, 6.45) is 5.32. The van der Waals surface area contributed by atoms with Crippen molar-refractivity contribution in [3.63, 3.8) is 0 Å². The minimum atomic E-state index is -0.656. The molecule has 32 heavy (non-hydrogen) atoms. The Hall–Kier alpha value is -2.84. The highest BCUT2D eigenvalue weighted by molar-refractivity contribution is 8.00. The van der Waals surface area contributed by atoms with Crippen LogP contribution in [0.25, 0.3) is 10.9 Å². The van der Waals surface area contributed by atoms with E-state index in [0.717, 1.165) is 17.0 Å². The summed E-state index contributed by atoms with van der Waals surface area (Å²) in [5.41, 5.74) is 1.29. The Kier molecular flexibility index (Phi) is 6.53. The van der Waals surface area contributed by atoms with Crippen molar-refractivity contribution >= 4 is 34.4 Å². The van der Waals surface area contributed by atoms with Crippen LogP contribution >= 0.6 is 11.9 Å². The molecule has 0 atom stereocenters. The predicted molar refractivity (Wildman–Crippen MR) is 128 cm³/mol. The van der Waals surface area contributed by atoms with E-state index in [1.165, 1.54) is 11.9 Å². The first-order valence-electron chi connectivity index (χ1n) is 10.9. The summed E-state index contributed by atoms with van der Waals surface area (Å²) in [7, 11) is 0. The first-order chi connectivity index (χ1) is 15.3. The molecule has 3 aromatic rings. The molecule has 1 aliphatic rings. The lowest BCUT2D eigenvalue weighted by molar-refractivity contribution is -0.0311. The molecule has 1 aromatic carbocycles. The highest BCUT2D eigenvalue weighted by Crippen LogP contribution is 2.30. The van der Waals surface area contributed by atoms with E-state index in [1.807, 2.05) is 29.2 Å². The molecule has 1 amide bonds. The predicted octanol–water partition coefficient (Wildman–Crippen LogP) is 4.06. The number of amides is 1. The van der Waals surface area contributed by atoms with E-state index in [0.29, 0.717) is 48.3 Å². The SMILES string of the molecule is CC(C)CC1(O)CCN(C(=O)c2ccc(NSc3c[nH]c(=O)c4cccnc34)cc2)CC1. The molecule has 168 valence electrons. The average molecular weight is 453 g/mol. The van der Waals surface area contributed by atoms with Crippen LogP contribution in [0, 0.1) is 5.92 Å². The lowest BCUT2D eigenvalue weighted by Crippen LogP contribution is -2.47. The van der Waals surface area contributed by atoms with Crippen molar-refractivity contribution in [2.45, 2.75) is 43.6 Å². The number of piperidine rings is 1. The minimum absolute atomic E-state index is 0.00775. The molecular weight excluding hydrogens is 424 g/mol. The van der Waals surface area contributed by atoms with Crippen LogP contribution in [-0.4, -0.2) is 44.6 Å². The van der Waals surface area contributed by atoms with E-state index in [-0.39, 0.29) is 11.5 Å². The van der Waals surface area contributed by atoms with Gasteiger partial charge in [-0.2, -0.15) is 0 Å². The van der Waals surface area contributed by atoms with Gasteiger partial charge < -0.3 is 19.7 Å². The molecule has 0 radical (unpaired) electrons. The van der Waals surface area contributed by atoms with Crippen molar-refractivity contribution < 1.29 is 9.90 Å². The number of aromatic amines is 1. The number of H-pyrrole nitrogens is 1. The maximum Gasteiger partial charge on any atom is 0.257 e. The maximum atomic E-state index is 12.9.